The van der Waals surface area contributed by atoms with Crippen molar-refractivity contribution in [2.75, 3.05) is 0 Å². The number of benzene rings is 7. The van der Waals surface area contributed by atoms with Crippen LogP contribution in [-0.2, 0) is 5.41 Å². The molecule has 324 valence electrons. The van der Waals surface area contributed by atoms with Gasteiger partial charge >= 0.3 is 0 Å². The van der Waals surface area contributed by atoms with Crippen molar-refractivity contribution in [3.8, 4) is 67.5 Å². The van der Waals surface area contributed by atoms with E-state index in [0.717, 1.165) is 101 Å². The lowest BCUT2D eigenvalue weighted by atomic mass is 9.86. The summed E-state index contributed by atoms with van der Waals surface area (Å²) in [5.74, 6) is 0. The molecule has 0 aliphatic heterocycles. The van der Waals surface area contributed by atoms with E-state index in [1.807, 2.05) is 0 Å². The number of fused-ring (bicyclic) bond motifs is 3. The van der Waals surface area contributed by atoms with E-state index in [-0.39, 0.29) is 5.41 Å². The van der Waals surface area contributed by atoms with Gasteiger partial charge in [0.2, 0.25) is 0 Å². The standard InChI is InChI=1S/C60H54N6/c1-33-12-16-41(17-13-33)54-57(64-51-27-38(6)35(3)24-48(51)61-54)44-30-45(58-55(42-18-14-34(2)15-19-42)62-49-25-36(4)39(7)28-52(49)65-58)32-46(31-44)59-56(43-20-22-47(23-21-43)60(9,10)11)63-50-26-37(5)40(8)29-53(50)66-59/h12-32H,1-11H3. The summed E-state index contributed by atoms with van der Waals surface area (Å²) < 4.78 is 0. The van der Waals surface area contributed by atoms with Crippen LogP contribution in [0.15, 0.2) is 127 Å². The molecular formula is C60H54N6. The first kappa shape index (κ1) is 42.5. The van der Waals surface area contributed by atoms with Crippen molar-refractivity contribution in [1.29, 1.82) is 0 Å². The van der Waals surface area contributed by atoms with E-state index < -0.39 is 0 Å². The van der Waals surface area contributed by atoms with E-state index in [0.29, 0.717) is 0 Å². The summed E-state index contributed by atoms with van der Waals surface area (Å²) in [4.78, 5) is 32.9. The fourth-order valence-electron chi connectivity index (χ4n) is 8.73. The van der Waals surface area contributed by atoms with E-state index in [1.165, 1.54) is 50.1 Å². The lowest BCUT2D eigenvalue weighted by molar-refractivity contribution is 0.590. The average molecular weight is 859 g/mol. The first-order valence-electron chi connectivity index (χ1n) is 22.8. The third-order valence-corrected chi connectivity index (χ3v) is 13.3. The molecule has 7 aromatic carbocycles. The van der Waals surface area contributed by atoms with Gasteiger partial charge in [-0.3, -0.25) is 0 Å². The van der Waals surface area contributed by atoms with Crippen molar-refractivity contribution in [3.05, 3.63) is 177 Å². The van der Waals surface area contributed by atoms with Crippen LogP contribution in [0.1, 0.15) is 70.8 Å². The highest BCUT2D eigenvalue weighted by Gasteiger charge is 2.23. The first-order chi connectivity index (χ1) is 31.6. The maximum Gasteiger partial charge on any atom is 0.0973 e. The zero-order chi connectivity index (χ0) is 46.2. The Bertz CT molecular complexity index is 3400. The second-order valence-electron chi connectivity index (χ2n) is 19.4. The monoisotopic (exact) mass is 858 g/mol. The van der Waals surface area contributed by atoms with Gasteiger partial charge in [0.1, 0.15) is 0 Å². The molecular weight excluding hydrogens is 805 g/mol. The SMILES string of the molecule is Cc1ccc(-c2nc3cc(C)c(C)cc3nc2-c2cc(-c3nc4cc(C)c(C)cc4nc3-c3ccc(C)cc3)cc(-c3nc4cc(C)c(C)cc4nc3-c3ccc(C(C)(C)C)cc3)c2)cc1. The van der Waals surface area contributed by atoms with Crippen LogP contribution in [0.25, 0.3) is 101 Å². The molecule has 0 saturated heterocycles. The summed E-state index contributed by atoms with van der Waals surface area (Å²) in [6.07, 6.45) is 0. The van der Waals surface area contributed by atoms with Crippen LogP contribution in [0, 0.1) is 55.4 Å². The molecule has 6 nitrogen and oxygen atoms in total. The normalized spacial score (nSPS) is 11.9. The lowest BCUT2D eigenvalue weighted by Crippen LogP contribution is -2.10. The van der Waals surface area contributed by atoms with Gasteiger partial charge in [0.25, 0.3) is 0 Å². The van der Waals surface area contributed by atoms with Crippen molar-refractivity contribution in [1.82, 2.24) is 29.9 Å². The largest absolute Gasteiger partial charge is 0.244 e. The highest BCUT2D eigenvalue weighted by Crippen LogP contribution is 2.42. The molecule has 10 aromatic rings. The molecule has 0 fully saturated rings. The number of rotatable bonds is 6. The summed E-state index contributed by atoms with van der Waals surface area (Å²) in [6.45, 7) is 23.8. The molecule has 0 amide bonds. The molecule has 3 aromatic heterocycles. The van der Waals surface area contributed by atoms with Crippen LogP contribution in [-0.4, -0.2) is 29.9 Å². The van der Waals surface area contributed by atoms with Gasteiger partial charge in [-0.25, -0.2) is 29.9 Å². The predicted molar refractivity (Wildman–Crippen MR) is 275 cm³/mol. The van der Waals surface area contributed by atoms with Crippen LogP contribution in [0.4, 0.5) is 0 Å². The average Bonchev–Trinajstić information content (AvgIpc) is 3.29. The Balaban J connectivity index is 1.33. The van der Waals surface area contributed by atoms with Gasteiger partial charge in [0, 0.05) is 33.4 Å². The van der Waals surface area contributed by atoms with Crippen LogP contribution in [0.5, 0.6) is 0 Å². The molecule has 0 atom stereocenters. The van der Waals surface area contributed by atoms with E-state index in [4.69, 9.17) is 29.9 Å². The molecule has 0 bridgehead atoms. The Morgan fingerprint density at radius 3 is 0.697 bits per heavy atom. The first-order valence-corrected chi connectivity index (χ1v) is 22.8. The molecule has 3 heterocycles. The minimum absolute atomic E-state index is 0.00509. The molecule has 0 aliphatic carbocycles. The number of hydrogen-bond donors (Lipinski definition) is 0. The maximum absolute atomic E-state index is 5.55. The van der Waals surface area contributed by atoms with Crippen molar-refractivity contribution in [2.24, 2.45) is 0 Å². The Morgan fingerprint density at radius 1 is 0.258 bits per heavy atom. The van der Waals surface area contributed by atoms with Crippen molar-refractivity contribution < 1.29 is 0 Å². The number of nitrogens with zero attached hydrogens (tertiary/aromatic N) is 6. The lowest BCUT2D eigenvalue weighted by Gasteiger charge is -2.20. The second kappa shape index (κ2) is 16.2. The third-order valence-electron chi connectivity index (χ3n) is 13.3. The van der Waals surface area contributed by atoms with Gasteiger partial charge in [-0.05, 0) is 154 Å². The van der Waals surface area contributed by atoms with E-state index in [9.17, 15) is 0 Å². The maximum atomic E-state index is 5.55. The molecule has 0 unspecified atom stereocenters. The predicted octanol–water partition coefficient (Wildman–Crippen LogP) is 15.3. The number of hydrogen-bond acceptors (Lipinski definition) is 6. The van der Waals surface area contributed by atoms with Gasteiger partial charge in [-0.1, -0.05) is 105 Å². The van der Waals surface area contributed by atoms with E-state index >= 15 is 0 Å². The summed E-state index contributed by atoms with van der Waals surface area (Å²) in [5.41, 5.74) is 26.1. The second-order valence-corrected chi connectivity index (χ2v) is 19.4. The summed E-state index contributed by atoms with van der Waals surface area (Å²) in [7, 11) is 0. The molecule has 0 spiro atoms. The molecule has 0 saturated carbocycles. The van der Waals surface area contributed by atoms with Gasteiger partial charge in [-0.2, -0.15) is 0 Å². The Morgan fingerprint density at radius 2 is 0.470 bits per heavy atom. The van der Waals surface area contributed by atoms with Crippen LogP contribution < -0.4 is 0 Å². The van der Waals surface area contributed by atoms with Gasteiger partial charge in [0.05, 0.1) is 67.3 Å². The Kier molecular flexibility index (Phi) is 10.4. The summed E-state index contributed by atoms with van der Waals surface area (Å²) >= 11 is 0. The van der Waals surface area contributed by atoms with Crippen LogP contribution in [0.3, 0.4) is 0 Å². The molecule has 6 heteroatoms. The Labute approximate surface area is 388 Å². The molecule has 0 radical (unpaired) electrons. The summed E-state index contributed by atoms with van der Waals surface area (Å²) in [5, 5.41) is 0. The van der Waals surface area contributed by atoms with E-state index in [1.54, 1.807) is 0 Å². The minimum Gasteiger partial charge on any atom is -0.244 e. The highest BCUT2D eigenvalue weighted by molar-refractivity contribution is 5.95. The number of aromatic nitrogens is 6. The fourth-order valence-corrected chi connectivity index (χ4v) is 8.73. The molecule has 0 N–H and O–H groups in total. The smallest absolute Gasteiger partial charge is 0.0973 e. The minimum atomic E-state index is -0.00509. The molecule has 10 rings (SSSR count). The fraction of sp³-hybridized carbons (Fsp3) is 0.200. The van der Waals surface area contributed by atoms with Crippen molar-refractivity contribution in [2.45, 2.75) is 81.6 Å². The summed E-state index contributed by atoms with van der Waals surface area (Å²) in [6, 6.07) is 45.5. The Hall–Kier alpha value is -7.44. The van der Waals surface area contributed by atoms with Gasteiger partial charge in [-0.15, -0.1) is 0 Å². The third kappa shape index (κ3) is 7.91. The van der Waals surface area contributed by atoms with Crippen molar-refractivity contribution in [3.63, 3.8) is 0 Å². The van der Waals surface area contributed by atoms with Crippen LogP contribution >= 0.6 is 0 Å². The molecule has 66 heavy (non-hydrogen) atoms. The zero-order valence-electron chi connectivity index (χ0n) is 39.8. The van der Waals surface area contributed by atoms with Gasteiger partial charge in [0.15, 0.2) is 0 Å². The zero-order valence-corrected chi connectivity index (χ0v) is 39.8. The van der Waals surface area contributed by atoms with E-state index in [2.05, 4.69) is 204 Å². The topological polar surface area (TPSA) is 77.3 Å². The van der Waals surface area contributed by atoms with Crippen molar-refractivity contribution >= 4 is 33.1 Å². The number of aryl methyl sites for hydroxylation is 8. The van der Waals surface area contributed by atoms with Gasteiger partial charge < -0.3 is 0 Å². The quantitative estimate of drug-likeness (QED) is 0.166. The van der Waals surface area contributed by atoms with Crippen LogP contribution in [0.2, 0.25) is 0 Å². The highest BCUT2D eigenvalue weighted by atomic mass is 14.9. The molecule has 0 aliphatic rings.